The molecule has 0 nitrogen and oxygen atoms in total. The van der Waals surface area contributed by atoms with Gasteiger partial charge < -0.3 is 0 Å². The van der Waals surface area contributed by atoms with E-state index in [4.69, 9.17) is 0 Å². The molecule has 0 amide bonds. The van der Waals surface area contributed by atoms with E-state index in [0.29, 0.717) is 8.65 Å². The van der Waals surface area contributed by atoms with Crippen molar-refractivity contribution < 1.29 is 0 Å². The second-order valence-corrected chi connectivity index (χ2v) is 13.6. The quantitative estimate of drug-likeness (QED) is 0.472. The van der Waals surface area contributed by atoms with Gasteiger partial charge in [0.2, 0.25) is 0 Å². The van der Waals surface area contributed by atoms with Crippen LogP contribution in [0.4, 0.5) is 0 Å². The molecule has 0 saturated carbocycles. The first-order valence-electron chi connectivity index (χ1n) is 0.535. The second-order valence-electron chi connectivity index (χ2n) is 0.101. The van der Waals surface area contributed by atoms with E-state index in [-0.39, 0.29) is 7.43 Å². The summed E-state index contributed by atoms with van der Waals surface area (Å²) in [5.41, 5.74) is 0. The van der Waals surface area contributed by atoms with E-state index in [1.807, 2.05) is 0 Å². The van der Waals surface area contributed by atoms with Crippen LogP contribution in [0.5, 0.6) is 0 Å². The molecule has 0 unspecified atom stereocenters. The molecule has 0 aromatic heterocycles. The molecule has 0 atom stereocenters. The topological polar surface area (TPSA) is 0 Å². The molecule has 0 rings (SSSR count). The molecule has 0 aliphatic rings. The first-order valence-corrected chi connectivity index (χ1v) is 10.8. The highest BCUT2D eigenvalue weighted by Gasteiger charge is 1.56. The minimum Gasteiger partial charge on any atom is -0.197 e. The van der Waals surface area contributed by atoms with Gasteiger partial charge in [-0.3, -0.25) is 0 Å². The fraction of sp³-hybridized carbons (Fsp3) is 1.00. The van der Waals surface area contributed by atoms with Crippen molar-refractivity contribution in [2.75, 3.05) is 0 Å². The highest BCUT2D eigenvalue weighted by molar-refractivity contribution is 14.3. The van der Waals surface area contributed by atoms with Crippen LogP contribution in [0, 0.1) is 0 Å². The maximum Gasteiger partial charge on any atom is 0.425 e. The van der Waals surface area contributed by atoms with Crippen LogP contribution >= 0.6 is 40.5 Å². The monoisotopic (exact) mass is 298 g/mol. The first-order chi connectivity index (χ1) is 1.41. The lowest BCUT2D eigenvalue weighted by Gasteiger charge is -1.33. The molecule has 0 saturated heterocycles. The third-order valence-corrected chi connectivity index (χ3v) is 0. The first kappa shape index (κ1) is 9.37. The molecule has 4 heavy (non-hydrogen) atoms. The van der Waals surface area contributed by atoms with Gasteiger partial charge in [0.25, 0.3) is 0 Å². The second kappa shape index (κ2) is 8.89. The van der Waals surface area contributed by atoms with Crippen LogP contribution in [0.25, 0.3) is 0 Å². The van der Waals surface area contributed by atoms with Crippen LogP contribution in [-0.2, 0) is 0 Å². The van der Waals surface area contributed by atoms with Crippen molar-refractivity contribution in [2.45, 2.75) is 7.43 Å². The molecule has 26 valence electrons. The van der Waals surface area contributed by atoms with E-state index >= 15 is 0 Å². The highest BCUT2D eigenvalue weighted by Crippen LogP contribution is 1.80. The Morgan fingerprint density at radius 1 is 1.25 bits per heavy atom. The van der Waals surface area contributed by atoms with E-state index in [0.717, 1.165) is 0 Å². The van der Waals surface area contributed by atoms with Gasteiger partial charge in [0.05, 0.1) is 0 Å². The molecular weight excluding hydrogens is 293 g/mol. The molecule has 0 bridgehead atoms. The van der Waals surface area contributed by atoms with Gasteiger partial charge in [-0.2, -0.15) is 40.5 Å². The summed E-state index contributed by atoms with van der Waals surface area (Å²) in [6, 6.07) is 0. The van der Waals surface area contributed by atoms with E-state index < -0.39 is 0 Å². The summed E-state index contributed by atoms with van der Waals surface area (Å²) < 4.78 is 0. The van der Waals surface area contributed by atoms with E-state index in [1.54, 1.807) is 0 Å². The van der Waals surface area contributed by atoms with Crippen LogP contribution in [-0.4, -0.2) is 8.65 Å². The predicted octanol–water partition coefficient (Wildman–Crippen LogP) is 1.76. The van der Waals surface area contributed by atoms with Gasteiger partial charge in [0.1, 0.15) is 0 Å². The highest BCUT2D eigenvalue weighted by atomic mass is 127. The lowest BCUT2D eigenvalue weighted by molar-refractivity contribution is 2.50. The van der Waals surface area contributed by atoms with Crippen LogP contribution in [0.15, 0.2) is 0 Å². The summed E-state index contributed by atoms with van der Waals surface area (Å²) in [6.07, 6.45) is 0. The SMILES string of the molecule is C.[I][AlH][I]. The molecule has 0 spiro atoms. The van der Waals surface area contributed by atoms with E-state index in [1.165, 1.54) is 0 Å². The average molecular weight is 298 g/mol. The molecule has 0 aliphatic heterocycles. The zero-order valence-corrected chi connectivity index (χ0v) is 7.19. The molecule has 0 aromatic rings. The van der Waals surface area contributed by atoms with Crippen LogP contribution in [0.3, 0.4) is 0 Å². The molecule has 0 N–H and O–H groups in total. The number of rotatable bonds is 0. The third-order valence-electron chi connectivity index (χ3n) is 0. The smallest absolute Gasteiger partial charge is 0.197 e. The third kappa shape index (κ3) is 9.01. The molecule has 0 aromatic carbocycles. The van der Waals surface area contributed by atoms with Gasteiger partial charge >= 0.3 is 8.65 Å². The maximum absolute atomic E-state index is 2.41. The molecule has 0 fully saturated rings. The van der Waals surface area contributed by atoms with Crippen molar-refractivity contribution in [2.24, 2.45) is 0 Å². The van der Waals surface area contributed by atoms with Gasteiger partial charge in [-0.15, -0.1) is 0 Å². The van der Waals surface area contributed by atoms with Crippen molar-refractivity contribution in [3.63, 3.8) is 0 Å². The minimum absolute atomic E-state index is 0. The average Bonchev–Trinajstić information content (AvgIpc) is 0.918. The number of hydrogen-bond acceptors (Lipinski definition) is 0. The van der Waals surface area contributed by atoms with Crippen LogP contribution < -0.4 is 0 Å². The van der Waals surface area contributed by atoms with Crippen LogP contribution in [0.1, 0.15) is 7.43 Å². The lowest BCUT2D eigenvalue weighted by atomic mass is 12.0. The molecule has 0 heterocycles. The Morgan fingerprint density at radius 3 is 1.25 bits per heavy atom. The minimum atomic E-state index is 0. The standard InChI is InChI=1S/CH4.Al.2HI.H/h1H4;;2*1H;/q;+2;;;/p-2. The summed E-state index contributed by atoms with van der Waals surface area (Å²) >= 11 is 4.83. The zero-order chi connectivity index (χ0) is 2.71. The van der Waals surface area contributed by atoms with Gasteiger partial charge in [0, 0.05) is 0 Å². The summed E-state index contributed by atoms with van der Waals surface area (Å²) in [6.45, 7) is 0. The fourth-order valence-electron chi connectivity index (χ4n) is 0. The normalized spacial score (nSPS) is 3.50. The molecule has 0 radical (unpaired) electrons. The fourth-order valence-corrected chi connectivity index (χ4v) is 0. The van der Waals surface area contributed by atoms with E-state index in [9.17, 15) is 0 Å². The molecule has 3 heteroatoms. The molecular formula is CH5AlI2. The van der Waals surface area contributed by atoms with Crippen molar-refractivity contribution in [1.82, 2.24) is 0 Å². The van der Waals surface area contributed by atoms with Gasteiger partial charge in [0.15, 0.2) is 0 Å². The van der Waals surface area contributed by atoms with Crippen molar-refractivity contribution in [1.29, 1.82) is 0 Å². The maximum atomic E-state index is 2.41. The lowest BCUT2D eigenvalue weighted by Crippen LogP contribution is -1.30. The van der Waals surface area contributed by atoms with Crippen molar-refractivity contribution in [3.05, 3.63) is 0 Å². The Morgan fingerprint density at radius 2 is 1.25 bits per heavy atom. The Bertz CT molecular complexity index is 6.00. The van der Waals surface area contributed by atoms with Crippen molar-refractivity contribution in [3.8, 4) is 0 Å². The van der Waals surface area contributed by atoms with Gasteiger partial charge in [-0.25, -0.2) is 0 Å². The van der Waals surface area contributed by atoms with E-state index in [2.05, 4.69) is 40.5 Å². The summed E-state index contributed by atoms with van der Waals surface area (Å²) in [4.78, 5) is 0. The predicted molar refractivity (Wildman–Crippen MR) is 41.9 cm³/mol. The Labute approximate surface area is 55.8 Å². The van der Waals surface area contributed by atoms with Crippen LogP contribution in [0.2, 0.25) is 0 Å². The number of halogens is 2. The molecule has 0 aliphatic carbocycles. The van der Waals surface area contributed by atoms with Crippen molar-refractivity contribution >= 4 is 49.2 Å². The summed E-state index contributed by atoms with van der Waals surface area (Å²) in [7, 11) is 0.357. The number of hydrogen-bond donors (Lipinski definition) is 0. The summed E-state index contributed by atoms with van der Waals surface area (Å²) in [5.74, 6) is 0. The Kier molecular flexibility index (Phi) is 20.8. The zero-order valence-electron chi connectivity index (χ0n) is 1.46. The summed E-state index contributed by atoms with van der Waals surface area (Å²) in [5, 5.41) is 0. The van der Waals surface area contributed by atoms with Gasteiger partial charge in [-0.05, 0) is 0 Å². The van der Waals surface area contributed by atoms with Gasteiger partial charge in [-0.1, -0.05) is 7.43 Å². The Balaban J connectivity index is 0. The largest absolute Gasteiger partial charge is 0.425 e. The Hall–Kier alpha value is 1.99.